The fraction of sp³-hybridized carbons (Fsp3) is 0.167. The largest absolute Gasteiger partial charge is 0.481 e. The lowest BCUT2D eigenvalue weighted by molar-refractivity contribution is -0.118. The van der Waals surface area contributed by atoms with Gasteiger partial charge in [0.1, 0.15) is 11.5 Å². The molecule has 0 radical (unpaired) electrons. The van der Waals surface area contributed by atoms with Crippen LogP contribution in [0, 0.1) is 5.82 Å². The van der Waals surface area contributed by atoms with Crippen molar-refractivity contribution in [1.82, 2.24) is 19.9 Å². The number of methoxy groups -OCH3 is 1. The molecule has 4 aromatic rings. The quantitative estimate of drug-likeness (QED) is 0.431. The number of hydrogen-bond donors (Lipinski definition) is 2. The second-order valence-corrected chi connectivity index (χ2v) is 7.44. The first-order valence-electron chi connectivity index (χ1n) is 10.2. The van der Waals surface area contributed by atoms with E-state index in [-0.39, 0.29) is 24.6 Å². The minimum Gasteiger partial charge on any atom is -0.481 e. The molecule has 0 aliphatic heterocycles. The molecular formula is C24H22FN5O3. The van der Waals surface area contributed by atoms with E-state index in [1.165, 1.54) is 30.3 Å². The smallest absolute Gasteiger partial charge is 0.273 e. The maximum Gasteiger partial charge on any atom is 0.273 e. The van der Waals surface area contributed by atoms with E-state index in [0.29, 0.717) is 23.4 Å². The van der Waals surface area contributed by atoms with Crippen molar-refractivity contribution in [2.45, 2.75) is 6.42 Å². The first-order chi connectivity index (χ1) is 16.0. The predicted octanol–water partition coefficient (Wildman–Crippen LogP) is 2.94. The molecule has 4 rings (SSSR count). The van der Waals surface area contributed by atoms with E-state index in [1.807, 2.05) is 0 Å². The number of benzene rings is 1. The Hall–Kier alpha value is -4.27. The summed E-state index contributed by atoms with van der Waals surface area (Å²) in [6.07, 6.45) is 5.27. The molecule has 2 amide bonds. The van der Waals surface area contributed by atoms with Crippen LogP contribution in [-0.2, 0) is 11.2 Å². The van der Waals surface area contributed by atoms with Crippen molar-refractivity contribution < 1.29 is 18.7 Å². The average Bonchev–Trinajstić information content (AvgIpc) is 3.23. The molecule has 3 heterocycles. The third-order valence-electron chi connectivity index (χ3n) is 5.28. The van der Waals surface area contributed by atoms with Crippen molar-refractivity contribution in [1.29, 1.82) is 0 Å². The van der Waals surface area contributed by atoms with Crippen LogP contribution in [0.4, 0.5) is 4.39 Å². The number of pyridine rings is 2. The van der Waals surface area contributed by atoms with Gasteiger partial charge in [-0.25, -0.2) is 9.37 Å². The number of fused-ring (bicyclic) bond motifs is 1. The van der Waals surface area contributed by atoms with E-state index in [0.717, 1.165) is 16.5 Å². The van der Waals surface area contributed by atoms with Crippen molar-refractivity contribution in [2.24, 2.45) is 5.73 Å². The Morgan fingerprint density at radius 3 is 2.76 bits per heavy atom. The van der Waals surface area contributed by atoms with E-state index in [9.17, 15) is 14.0 Å². The molecule has 3 aromatic heterocycles. The second-order valence-electron chi connectivity index (χ2n) is 7.44. The maximum atomic E-state index is 13.7. The molecule has 0 atom stereocenters. The zero-order chi connectivity index (χ0) is 23.4. The molecule has 0 unspecified atom stereocenters. The lowest BCUT2D eigenvalue weighted by atomic mass is 10.0. The number of nitrogens with one attached hydrogen (secondary N) is 1. The van der Waals surface area contributed by atoms with Crippen LogP contribution in [0.2, 0.25) is 0 Å². The molecule has 0 aliphatic carbocycles. The van der Waals surface area contributed by atoms with E-state index >= 15 is 0 Å². The van der Waals surface area contributed by atoms with E-state index in [2.05, 4.69) is 15.0 Å². The standard InChI is InChI=1S/C24H22FN5O3/c1-33-22-7-4-15(13-29-22)18-3-2-9-27-23(18)24(32)30(14-21(26)31)10-8-16-12-28-20-6-5-17(25)11-19(16)20/h2-7,9,11-13,28H,8,10,14H2,1H3,(H2,26,31). The number of primary amides is 1. The molecule has 0 saturated carbocycles. The Kier molecular flexibility index (Phi) is 6.30. The Labute approximate surface area is 189 Å². The summed E-state index contributed by atoms with van der Waals surface area (Å²) in [6.45, 7) is -0.0749. The molecule has 0 spiro atoms. The summed E-state index contributed by atoms with van der Waals surface area (Å²) in [5.41, 5.74) is 8.46. The summed E-state index contributed by atoms with van der Waals surface area (Å²) in [5.74, 6) is -0.983. The van der Waals surface area contributed by atoms with Gasteiger partial charge in [-0.15, -0.1) is 0 Å². The summed E-state index contributed by atoms with van der Waals surface area (Å²) in [6, 6.07) is 11.4. The van der Waals surface area contributed by atoms with Gasteiger partial charge in [0.2, 0.25) is 11.8 Å². The lowest BCUT2D eigenvalue weighted by Crippen LogP contribution is -2.40. The van der Waals surface area contributed by atoms with E-state index in [1.54, 1.807) is 42.7 Å². The summed E-state index contributed by atoms with van der Waals surface area (Å²) in [7, 11) is 1.52. The van der Waals surface area contributed by atoms with E-state index < -0.39 is 11.8 Å². The number of carbonyl (C=O) groups is 2. The number of hydrogen-bond acceptors (Lipinski definition) is 5. The summed E-state index contributed by atoms with van der Waals surface area (Å²) in [5, 5.41) is 0.726. The number of H-pyrrole nitrogens is 1. The normalized spacial score (nSPS) is 10.8. The Balaban J connectivity index is 1.61. The van der Waals surface area contributed by atoms with Crippen molar-refractivity contribution in [3.8, 4) is 17.0 Å². The summed E-state index contributed by atoms with van der Waals surface area (Å²) >= 11 is 0. The molecule has 0 aliphatic rings. The molecule has 8 nitrogen and oxygen atoms in total. The van der Waals surface area contributed by atoms with Gasteiger partial charge in [-0.1, -0.05) is 6.07 Å². The average molecular weight is 447 g/mol. The number of ether oxygens (including phenoxy) is 1. The third kappa shape index (κ3) is 4.82. The fourth-order valence-corrected chi connectivity index (χ4v) is 3.67. The van der Waals surface area contributed by atoms with Gasteiger partial charge in [-0.2, -0.15) is 0 Å². The van der Waals surface area contributed by atoms with Gasteiger partial charge in [-0.05, 0) is 42.3 Å². The number of nitrogens with two attached hydrogens (primary N) is 1. The highest BCUT2D eigenvalue weighted by Gasteiger charge is 2.23. The van der Waals surface area contributed by atoms with Gasteiger partial charge in [-0.3, -0.25) is 14.6 Å². The van der Waals surface area contributed by atoms with E-state index in [4.69, 9.17) is 10.5 Å². The summed E-state index contributed by atoms with van der Waals surface area (Å²) in [4.78, 5) is 38.0. The molecule has 168 valence electrons. The SMILES string of the molecule is COc1ccc(-c2cccnc2C(=O)N(CCc2c[nH]c3ccc(F)cc23)CC(N)=O)cn1. The zero-order valence-corrected chi connectivity index (χ0v) is 17.9. The van der Waals surface area contributed by atoms with Crippen LogP contribution in [0.3, 0.4) is 0 Å². The van der Waals surface area contributed by atoms with Crippen molar-refractivity contribution in [3.05, 3.63) is 78.1 Å². The number of amides is 2. The summed E-state index contributed by atoms with van der Waals surface area (Å²) < 4.78 is 18.8. The fourth-order valence-electron chi connectivity index (χ4n) is 3.67. The van der Waals surface area contributed by atoms with Gasteiger partial charge in [0.15, 0.2) is 0 Å². The topological polar surface area (TPSA) is 114 Å². The second kappa shape index (κ2) is 9.47. The minimum atomic E-state index is -0.642. The third-order valence-corrected chi connectivity index (χ3v) is 5.28. The van der Waals surface area contributed by atoms with Crippen LogP contribution < -0.4 is 10.5 Å². The molecule has 0 saturated heterocycles. The minimum absolute atomic E-state index is 0.177. The number of carbonyl (C=O) groups excluding carboxylic acids is 2. The molecule has 0 bridgehead atoms. The van der Waals surface area contributed by atoms with Crippen LogP contribution in [0.5, 0.6) is 5.88 Å². The highest BCUT2D eigenvalue weighted by Crippen LogP contribution is 2.25. The van der Waals surface area contributed by atoms with Gasteiger partial charge in [0.25, 0.3) is 5.91 Å². The Bertz CT molecular complexity index is 1300. The van der Waals surface area contributed by atoms with Crippen LogP contribution in [0.1, 0.15) is 16.1 Å². The lowest BCUT2D eigenvalue weighted by Gasteiger charge is -2.22. The van der Waals surface area contributed by atoms with Gasteiger partial charge < -0.3 is 20.4 Å². The maximum absolute atomic E-state index is 13.7. The predicted molar refractivity (Wildman–Crippen MR) is 121 cm³/mol. The first kappa shape index (κ1) is 21.9. The first-order valence-corrected chi connectivity index (χ1v) is 10.2. The molecule has 33 heavy (non-hydrogen) atoms. The Morgan fingerprint density at radius 2 is 2.03 bits per heavy atom. The van der Waals surface area contributed by atoms with Crippen molar-refractivity contribution in [3.63, 3.8) is 0 Å². The number of rotatable bonds is 8. The Morgan fingerprint density at radius 1 is 1.18 bits per heavy atom. The number of halogens is 1. The van der Waals surface area contributed by atoms with Crippen LogP contribution in [0.15, 0.2) is 61.1 Å². The van der Waals surface area contributed by atoms with Gasteiger partial charge in [0.05, 0.1) is 13.7 Å². The van der Waals surface area contributed by atoms with Crippen LogP contribution in [0.25, 0.3) is 22.0 Å². The monoisotopic (exact) mass is 447 g/mol. The van der Waals surface area contributed by atoms with Gasteiger partial charge >= 0.3 is 0 Å². The van der Waals surface area contributed by atoms with Crippen molar-refractivity contribution in [2.75, 3.05) is 20.2 Å². The number of nitrogens with zero attached hydrogens (tertiary/aromatic N) is 3. The van der Waals surface area contributed by atoms with Crippen LogP contribution >= 0.6 is 0 Å². The molecule has 9 heteroatoms. The molecule has 0 fully saturated rings. The van der Waals surface area contributed by atoms with Crippen molar-refractivity contribution >= 4 is 22.7 Å². The molecular weight excluding hydrogens is 425 g/mol. The molecule has 3 N–H and O–H groups in total. The molecule has 1 aromatic carbocycles. The van der Waals surface area contributed by atoms with Crippen LogP contribution in [-0.4, -0.2) is 51.9 Å². The number of aromatic amines is 1. The highest BCUT2D eigenvalue weighted by molar-refractivity contribution is 6.00. The zero-order valence-electron chi connectivity index (χ0n) is 17.9. The number of aromatic nitrogens is 3. The van der Waals surface area contributed by atoms with Gasteiger partial charge in [0, 0.05) is 53.2 Å². The highest BCUT2D eigenvalue weighted by atomic mass is 19.1.